The van der Waals surface area contributed by atoms with Gasteiger partial charge in [0.2, 0.25) is 0 Å². The van der Waals surface area contributed by atoms with E-state index in [2.05, 4.69) is 13.8 Å². The number of carbonyl (C=O) groups excluding carboxylic acids is 2. The molecule has 2 aromatic carbocycles. The lowest BCUT2D eigenvalue weighted by Crippen LogP contribution is -2.43. The molecule has 0 unspecified atom stereocenters. The fraction of sp³-hybridized carbons (Fsp3) is 0.471. The molecule has 254 valence electrons. The number of benzene rings is 2. The van der Waals surface area contributed by atoms with Crippen LogP contribution in [0, 0.1) is 5.41 Å². The van der Waals surface area contributed by atoms with Crippen LogP contribution in [0.1, 0.15) is 80.4 Å². The summed E-state index contributed by atoms with van der Waals surface area (Å²) in [4.78, 5) is 27.1. The van der Waals surface area contributed by atoms with E-state index in [-0.39, 0.29) is 30.1 Å². The molecule has 47 heavy (non-hydrogen) atoms. The quantitative estimate of drug-likeness (QED) is 0.296. The van der Waals surface area contributed by atoms with Crippen molar-refractivity contribution >= 4 is 23.3 Å². The molecular formula is C34H35F6N2O5-. The van der Waals surface area contributed by atoms with Crippen LogP contribution >= 0.6 is 0 Å². The van der Waals surface area contributed by atoms with Crippen molar-refractivity contribution in [2.24, 2.45) is 5.41 Å². The zero-order chi connectivity index (χ0) is 34.5. The number of allylic oxidation sites excluding steroid dienone is 1. The first-order chi connectivity index (χ1) is 21.9. The number of methoxy groups -OCH3 is 1. The van der Waals surface area contributed by atoms with Gasteiger partial charge < -0.3 is 24.3 Å². The SMILES string of the molecule is COc1ccc(C2=CCN(C(=O)[O-])CC2)cc1C1=C(CN2C(=O)O[C@H](c3cc(C(F)(F)F)cc(C(F)(F)F)c3)[C@@H]2C)CC(C)(C)CC1. The van der Waals surface area contributed by atoms with E-state index in [0.29, 0.717) is 43.7 Å². The Morgan fingerprint density at radius 3 is 2.26 bits per heavy atom. The van der Waals surface area contributed by atoms with Gasteiger partial charge in [0, 0.05) is 25.2 Å². The predicted octanol–water partition coefficient (Wildman–Crippen LogP) is 7.71. The number of carboxylic acid groups (broad SMARTS) is 1. The minimum Gasteiger partial charge on any atom is -0.530 e. The lowest BCUT2D eigenvalue weighted by molar-refractivity contribution is -0.265. The van der Waals surface area contributed by atoms with Crippen molar-refractivity contribution in [1.82, 2.24) is 9.80 Å². The normalized spacial score (nSPS) is 21.9. The zero-order valence-electron chi connectivity index (χ0n) is 26.3. The third kappa shape index (κ3) is 7.23. The Labute approximate surface area is 268 Å². The number of nitrogens with zero attached hydrogens (tertiary/aromatic N) is 2. The van der Waals surface area contributed by atoms with Gasteiger partial charge >= 0.3 is 18.4 Å². The second-order valence-corrected chi connectivity index (χ2v) is 13.0. The van der Waals surface area contributed by atoms with E-state index in [9.17, 15) is 41.0 Å². The second-order valence-electron chi connectivity index (χ2n) is 13.0. The predicted molar refractivity (Wildman–Crippen MR) is 159 cm³/mol. The van der Waals surface area contributed by atoms with E-state index in [1.165, 1.54) is 16.9 Å². The minimum atomic E-state index is -5.04. The number of alkyl halides is 6. The lowest BCUT2D eigenvalue weighted by Gasteiger charge is -2.36. The summed E-state index contributed by atoms with van der Waals surface area (Å²) < 4.78 is 92.7. The molecule has 0 N–H and O–H groups in total. The Hall–Kier alpha value is -4.16. The van der Waals surface area contributed by atoms with E-state index in [1.54, 1.807) is 6.92 Å². The van der Waals surface area contributed by atoms with Gasteiger partial charge in [0.25, 0.3) is 0 Å². The van der Waals surface area contributed by atoms with Crippen LogP contribution in [0.5, 0.6) is 5.75 Å². The average molecular weight is 666 g/mol. The first kappa shape index (κ1) is 34.2. The van der Waals surface area contributed by atoms with Crippen molar-refractivity contribution in [3.05, 3.63) is 75.9 Å². The van der Waals surface area contributed by atoms with Crippen LogP contribution in [-0.4, -0.2) is 54.8 Å². The first-order valence-electron chi connectivity index (χ1n) is 15.2. The third-order valence-electron chi connectivity index (χ3n) is 9.23. The molecule has 7 nitrogen and oxygen atoms in total. The van der Waals surface area contributed by atoms with Crippen LogP contribution < -0.4 is 9.84 Å². The molecule has 2 heterocycles. The largest absolute Gasteiger partial charge is 0.530 e. The maximum Gasteiger partial charge on any atom is 0.416 e. The Balaban J connectivity index is 1.51. The van der Waals surface area contributed by atoms with Crippen molar-refractivity contribution in [2.45, 2.75) is 71.0 Å². The van der Waals surface area contributed by atoms with Crippen LogP contribution in [0.3, 0.4) is 0 Å². The van der Waals surface area contributed by atoms with E-state index in [0.717, 1.165) is 34.3 Å². The smallest absolute Gasteiger partial charge is 0.416 e. The van der Waals surface area contributed by atoms with E-state index in [4.69, 9.17) is 9.47 Å². The van der Waals surface area contributed by atoms with Gasteiger partial charge in [0.15, 0.2) is 0 Å². The number of amides is 2. The molecule has 1 saturated heterocycles. The Morgan fingerprint density at radius 1 is 1.04 bits per heavy atom. The number of hydrogen-bond acceptors (Lipinski definition) is 5. The molecule has 0 aromatic heterocycles. The molecule has 0 radical (unpaired) electrons. The van der Waals surface area contributed by atoms with E-state index < -0.39 is 47.8 Å². The van der Waals surface area contributed by atoms with Crippen molar-refractivity contribution in [2.75, 3.05) is 26.7 Å². The van der Waals surface area contributed by atoms with Crippen molar-refractivity contribution in [3.8, 4) is 5.75 Å². The van der Waals surface area contributed by atoms with E-state index in [1.807, 2.05) is 24.3 Å². The molecule has 1 fully saturated rings. The third-order valence-corrected chi connectivity index (χ3v) is 9.23. The van der Waals surface area contributed by atoms with Gasteiger partial charge in [-0.2, -0.15) is 26.3 Å². The summed E-state index contributed by atoms with van der Waals surface area (Å²) in [6, 6.07) is 6.07. The number of rotatable bonds is 6. The standard InChI is InChI=1S/C34H36F6N2O5/c1-19-29(22-13-24(33(35,36)37)16-25(14-22)34(38,39)40)47-31(45)42(19)18-23-17-32(2,3)10-7-26(23)27-15-21(5-6-28(27)46-4)20-8-11-41(12-9-20)30(43)44/h5-6,8,13-16,19,29H,7,9-12,17-18H2,1-4H3,(H,43,44)/p-1/t19-,29-/m0/s1. The molecular weight excluding hydrogens is 630 g/mol. The van der Waals surface area contributed by atoms with Gasteiger partial charge in [-0.15, -0.1) is 0 Å². The van der Waals surface area contributed by atoms with Gasteiger partial charge in [0.1, 0.15) is 17.9 Å². The monoisotopic (exact) mass is 665 g/mol. The highest BCUT2D eigenvalue weighted by Gasteiger charge is 2.44. The maximum absolute atomic E-state index is 13.6. The van der Waals surface area contributed by atoms with Crippen LogP contribution in [0.4, 0.5) is 35.9 Å². The molecule has 2 atom stereocenters. The molecule has 5 rings (SSSR count). The molecule has 0 bridgehead atoms. The van der Waals surface area contributed by atoms with Crippen LogP contribution in [0.2, 0.25) is 0 Å². The molecule has 1 aliphatic carbocycles. The number of hydrogen-bond donors (Lipinski definition) is 0. The summed E-state index contributed by atoms with van der Waals surface area (Å²) in [5, 5.41) is 11.3. The maximum atomic E-state index is 13.6. The van der Waals surface area contributed by atoms with Gasteiger partial charge in [-0.1, -0.05) is 26.0 Å². The fourth-order valence-electron chi connectivity index (χ4n) is 6.64. The highest BCUT2D eigenvalue weighted by Crippen LogP contribution is 2.47. The summed E-state index contributed by atoms with van der Waals surface area (Å²) in [5.74, 6) is 0.590. The Morgan fingerprint density at radius 2 is 1.70 bits per heavy atom. The van der Waals surface area contributed by atoms with Crippen LogP contribution in [0.25, 0.3) is 11.1 Å². The number of cyclic esters (lactones) is 1. The summed E-state index contributed by atoms with van der Waals surface area (Å²) in [5.41, 5.74) is 0.951. The van der Waals surface area contributed by atoms with Crippen molar-refractivity contribution < 1.29 is 50.5 Å². The van der Waals surface area contributed by atoms with Gasteiger partial charge in [-0.25, -0.2) is 4.79 Å². The average Bonchev–Trinajstić information content (AvgIpc) is 3.28. The molecule has 0 spiro atoms. The summed E-state index contributed by atoms with van der Waals surface area (Å²) >= 11 is 0. The molecule has 2 amide bonds. The number of carbonyl (C=O) groups is 2. The molecule has 0 saturated carbocycles. The highest BCUT2D eigenvalue weighted by atomic mass is 19.4. The van der Waals surface area contributed by atoms with Gasteiger partial charge in [0.05, 0.1) is 24.3 Å². The van der Waals surface area contributed by atoms with Gasteiger partial charge in [-0.3, -0.25) is 4.90 Å². The lowest BCUT2D eigenvalue weighted by atomic mass is 9.72. The first-order valence-corrected chi connectivity index (χ1v) is 15.2. The Kier molecular flexibility index (Phi) is 9.06. The van der Waals surface area contributed by atoms with Gasteiger partial charge in [-0.05, 0) is 96.2 Å². The second kappa shape index (κ2) is 12.5. The van der Waals surface area contributed by atoms with Crippen molar-refractivity contribution in [1.29, 1.82) is 0 Å². The highest BCUT2D eigenvalue weighted by molar-refractivity contribution is 5.80. The van der Waals surface area contributed by atoms with Crippen molar-refractivity contribution in [3.63, 3.8) is 0 Å². The molecule has 13 heteroatoms. The summed E-state index contributed by atoms with van der Waals surface area (Å²) in [6.45, 7) is 6.27. The minimum absolute atomic E-state index is 0.0498. The fourth-order valence-corrected chi connectivity index (χ4v) is 6.64. The molecule has 2 aliphatic heterocycles. The number of ether oxygens (including phenoxy) is 2. The van der Waals surface area contributed by atoms with Crippen LogP contribution in [0.15, 0.2) is 48.0 Å². The summed E-state index contributed by atoms with van der Waals surface area (Å²) in [7, 11) is 1.54. The zero-order valence-corrected chi connectivity index (χ0v) is 26.3. The molecule has 2 aromatic rings. The summed E-state index contributed by atoms with van der Waals surface area (Å²) in [6.07, 6.45) is -9.17. The Bertz CT molecular complexity index is 1600. The topological polar surface area (TPSA) is 82.1 Å². The number of halogens is 6. The van der Waals surface area contributed by atoms with Crippen LogP contribution in [-0.2, 0) is 17.1 Å². The molecule has 3 aliphatic rings. The van der Waals surface area contributed by atoms with E-state index >= 15 is 0 Å².